The van der Waals surface area contributed by atoms with Gasteiger partial charge in [0, 0.05) is 25.3 Å². The molecule has 2 amide bonds. The van der Waals surface area contributed by atoms with E-state index in [1.165, 1.54) is 5.56 Å². The number of nitrogens with one attached hydrogen (secondary N) is 2. The number of hydrogen-bond acceptors (Lipinski definition) is 4. The summed E-state index contributed by atoms with van der Waals surface area (Å²) in [5, 5.41) is 7.70. The van der Waals surface area contributed by atoms with E-state index >= 15 is 0 Å². The summed E-state index contributed by atoms with van der Waals surface area (Å²) >= 11 is 0. The van der Waals surface area contributed by atoms with Crippen molar-refractivity contribution in [1.82, 2.24) is 10.2 Å². The molecule has 1 fully saturated rings. The maximum Gasteiger partial charge on any atom is 0.243 e. The Bertz CT molecular complexity index is 1040. The van der Waals surface area contributed by atoms with Crippen LogP contribution in [-0.2, 0) is 27.3 Å². The van der Waals surface area contributed by atoms with E-state index in [1.54, 1.807) is 0 Å². The zero-order valence-electron chi connectivity index (χ0n) is 17.5. The Morgan fingerprint density at radius 1 is 0.871 bits per heavy atom. The summed E-state index contributed by atoms with van der Waals surface area (Å²) in [6.07, 6.45) is 0.241. The first kappa shape index (κ1) is 21.0. The summed E-state index contributed by atoms with van der Waals surface area (Å²) in [6, 6.07) is 21.7. The minimum absolute atomic E-state index is 0.0564. The number of fused-ring (bicyclic) bond motifs is 1. The van der Waals surface area contributed by atoms with E-state index < -0.39 is 0 Å². The topological polar surface area (TPSA) is 70.7 Å². The van der Waals surface area contributed by atoms with Gasteiger partial charge in [0.1, 0.15) is 0 Å². The lowest BCUT2D eigenvalue weighted by Crippen LogP contribution is -2.35. The van der Waals surface area contributed by atoms with Gasteiger partial charge in [0.15, 0.2) is 0 Å². The molecule has 0 radical (unpaired) electrons. The molecule has 0 aromatic heterocycles. The smallest absolute Gasteiger partial charge is 0.243 e. The predicted molar refractivity (Wildman–Crippen MR) is 122 cm³/mol. The first-order valence-corrected chi connectivity index (χ1v) is 10.6. The van der Waals surface area contributed by atoms with Gasteiger partial charge in [0.2, 0.25) is 11.8 Å². The largest absolute Gasteiger partial charge is 0.379 e. The molecule has 1 aliphatic rings. The highest BCUT2D eigenvalue weighted by molar-refractivity contribution is 5.95. The molecule has 1 heterocycles. The summed E-state index contributed by atoms with van der Waals surface area (Å²) in [4.78, 5) is 26.9. The molecular formula is C25H27N3O3. The van der Waals surface area contributed by atoms with Crippen LogP contribution in [0.5, 0.6) is 0 Å². The molecule has 0 spiro atoms. The second-order valence-electron chi connectivity index (χ2n) is 7.73. The zero-order chi connectivity index (χ0) is 21.5. The van der Waals surface area contributed by atoms with Crippen LogP contribution in [-0.4, -0.2) is 49.6 Å². The quantitative estimate of drug-likeness (QED) is 0.620. The summed E-state index contributed by atoms with van der Waals surface area (Å²) < 4.78 is 5.37. The van der Waals surface area contributed by atoms with Gasteiger partial charge in [-0.1, -0.05) is 54.6 Å². The summed E-state index contributed by atoms with van der Waals surface area (Å²) in [6.45, 7) is 4.26. The van der Waals surface area contributed by atoms with Gasteiger partial charge in [-0.25, -0.2) is 0 Å². The van der Waals surface area contributed by atoms with E-state index in [0.717, 1.165) is 54.9 Å². The lowest BCUT2D eigenvalue weighted by atomic mass is 10.0. The van der Waals surface area contributed by atoms with Crippen LogP contribution < -0.4 is 10.6 Å². The molecule has 1 saturated heterocycles. The van der Waals surface area contributed by atoms with Crippen LogP contribution in [0, 0.1) is 0 Å². The molecular weight excluding hydrogens is 390 g/mol. The van der Waals surface area contributed by atoms with Gasteiger partial charge < -0.3 is 15.4 Å². The number of amides is 2. The number of anilines is 1. The number of ether oxygens (including phenoxy) is 1. The van der Waals surface area contributed by atoms with Crippen molar-refractivity contribution in [2.45, 2.75) is 13.0 Å². The van der Waals surface area contributed by atoms with Crippen molar-refractivity contribution >= 4 is 28.3 Å². The Labute approximate surface area is 182 Å². The van der Waals surface area contributed by atoms with Crippen molar-refractivity contribution in [2.24, 2.45) is 0 Å². The van der Waals surface area contributed by atoms with Crippen molar-refractivity contribution in [1.29, 1.82) is 0 Å². The van der Waals surface area contributed by atoms with E-state index in [4.69, 9.17) is 4.74 Å². The average molecular weight is 418 g/mol. The van der Waals surface area contributed by atoms with Crippen LogP contribution in [0.15, 0.2) is 66.7 Å². The van der Waals surface area contributed by atoms with Crippen LogP contribution in [0.4, 0.5) is 5.69 Å². The monoisotopic (exact) mass is 417 g/mol. The second kappa shape index (κ2) is 10.2. The van der Waals surface area contributed by atoms with Crippen molar-refractivity contribution in [3.63, 3.8) is 0 Å². The zero-order valence-corrected chi connectivity index (χ0v) is 17.5. The number of rotatable bonds is 7. The third-order valence-corrected chi connectivity index (χ3v) is 5.42. The Morgan fingerprint density at radius 2 is 1.61 bits per heavy atom. The average Bonchev–Trinajstić information content (AvgIpc) is 2.80. The third-order valence-electron chi connectivity index (χ3n) is 5.42. The van der Waals surface area contributed by atoms with Crippen LogP contribution in [0.2, 0.25) is 0 Å². The molecule has 2 N–H and O–H groups in total. The molecule has 3 aromatic carbocycles. The standard InChI is InChI=1S/C25H27N3O3/c29-24(16-21-6-3-5-20-4-1-2-7-23(20)21)26-17-25(30)27-22-10-8-19(9-11-22)18-28-12-14-31-15-13-28/h1-11H,12-18H2,(H,26,29)(H,27,30). The number of morpholine rings is 1. The van der Waals surface area contributed by atoms with E-state index in [1.807, 2.05) is 66.7 Å². The fourth-order valence-corrected chi connectivity index (χ4v) is 3.78. The maximum atomic E-state index is 12.3. The Hall–Kier alpha value is -3.22. The van der Waals surface area contributed by atoms with Crippen molar-refractivity contribution < 1.29 is 14.3 Å². The maximum absolute atomic E-state index is 12.3. The fraction of sp³-hybridized carbons (Fsp3) is 0.280. The lowest BCUT2D eigenvalue weighted by Gasteiger charge is -2.26. The molecule has 1 aliphatic heterocycles. The van der Waals surface area contributed by atoms with Crippen molar-refractivity contribution in [3.05, 3.63) is 77.9 Å². The minimum Gasteiger partial charge on any atom is -0.379 e. The van der Waals surface area contributed by atoms with Gasteiger partial charge in [-0.2, -0.15) is 0 Å². The number of nitrogens with zero attached hydrogens (tertiary/aromatic N) is 1. The van der Waals surface area contributed by atoms with Crippen LogP contribution in [0.1, 0.15) is 11.1 Å². The molecule has 6 nitrogen and oxygen atoms in total. The molecule has 0 aliphatic carbocycles. The number of hydrogen-bond donors (Lipinski definition) is 2. The lowest BCUT2D eigenvalue weighted by molar-refractivity contribution is -0.123. The number of carbonyl (C=O) groups excluding carboxylic acids is 2. The first-order valence-electron chi connectivity index (χ1n) is 10.6. The first-order chi connectivity index (χ1) is 15.2. The van der Waals surface area contributed by atoms with Crippen LogP contribution >= 0.6 is 0 Å². The van der Waals surface area contributed by atoms with Gasteiger partial charge in [-0.3, -0.25) is 14.5 Å². The summed E-state index contributed by atoms with van der Waals surface area (Å²) in [7, 11) is 0. The SMILES string of the molecule is O=C(Cc1cccc2ccccc12)NCC(=O)Nc1ccc(CN2CCOCC2)cc1. The van der Waals surface area contributed by atoms with E-state index in [2.05, 4.69) is 15.5 Å². The van der Waals surface area contributed by atoms with Crippen molar-refractivity contribution in [2.75, 3.05) is 38.2 Å². The van der Waals surface area contributed by atoms with Gasteiger partial charge in [0.05, 0.1) is 26.2 Å². The van der Waals surface area contributed by atoms with E-state index in [0.29, 0.717) is 0 Å². The molecule has 3 aromatic rings. The van der Waals surface area contributed by atoms with Gasteiger partial charge in [-0.05, 0) is 34.0 Å². The molecule has 160 valence electrons. The molecule has 6 heteroatoms. The van der Waals surface area contributed by atoms with E-state index in [-0.39, 0.29) is 24.8 Å². The van der Waals surface area contributed by atoms with Crippen LogP contribution in [0.3, 0.4) is 0 Å². The predicted octanol–water partition coefficient (Wildman–Crippen LogP) is 2.97. The molecule has 0 saturated carbocycles. The third kappa shape index (κ3) is 5.90. The molecule has 4 rings (SSSR count). The Balaban J connectivity index is 1.24. The summed E-state index contributed by atoms with van der Waals surface area (Å²) in [5.41, 5.74) is 2.87. The molecule has 31 heavy (non-hydrogen) atoms. The second-order valence-corrected chi connectivity index (χ2v) is 7.73. The Kier molecular flexibility index (Phi) is 6.92. The number of carbonyl (C=O) groups is 2. The number of benzene rings is 3. The highest BCUT2D eigenvalue weighted by Crippen LogP contribution is 2.19. The molecule has 0 atom stereocenters. The minimum atomic E-state index is -0.243. The van der Waals surface area contributed by atoms with Crippen LogP contribution in [0.25, 0.3) is 10.8 Å². The normalized spacial score (nSPS) is 14.3. The summed E-state index contributed by atoms with van der Waals surface area (Å²) in [5.74, 6) is -0.417. The fourth-order valence-electron chi connectivity index (χ4n) is 3.78. The molecule has 0 unspecified atom stereocenters. The van der Waals surface area contributed by atoms with Gasteiger partial charge in [-0.15, -0.1) is 0 Å². The van der Waals surface area contributed by atoms with Gasteiger partial charge in [0.25, 0.3) is 0 Å². The van der Waals surface area contributed by atoms with Gasteiger partial charge >= 0.3 is 0 Å². The van der Waals surface area contributed by atoms with Crippen molar-refractivity contribution in [3.8, 4) is 0 Å². The van der Waals surface area contributed by atoms with E-state index in [9.17, 15) is 9.59 Å². The highest BCUT2D eigenvalue weighted by Gasteiger charge is 2.11. The molecule has 0 bridgehead atoms. The highest BCUT2D eigenvalue weighted by atomic mass is 16.5. The Morgan fingerprint density at radius 3 is 2.42 bits per heavy atom.